The lowest BCUT2D eigenvalue weighted by Crippen LogP contribution is -2.45. The van der Waals surface area contributed by atoms with Gasteiger partial charge in [0.25, 0.3) is 0 Å². The van der Waals surface area contributed by atoms with Gasteiger partial charge in [-0.05, 0) is 31.0 Å². The van der Waals surface area contributed by atoms with Crippen LogP contribution in [0.5, 0.6) is 0 Å². The van der Waals surface area contributed by atoms with Crippen molar-refractivity contribution in [2.24, 2.45) is 0 Å². The fourth-order valence-electron chi connectivity index (χ4n) is 1.62. The van der Waals surface area contributed by atoms with Crippen molar-refractivity contribution in [2.75, 3.05) is 6.54 Å². The van der Waals surface area contributed by atoms with Gasteiger partial charge in [-0.3, -0.25) is 9.59 Å². The zero-order valence-electron chi connectivity index (χ0n) is 11.5. The molecule has 0 saturated carbocycles. The largest absolute Gasteiger partial charge is 0.354 e. The van der Waals surface area contributed by atoms with Gasteiger partial charge in [0.2, 0.25) is 11.8 Å². The fourth-order valence-corrected chi connectivity index (χ4v) is 2.15. The molecule has 4 nitrogen and oxygen atoms in total. The third kappa shape index (κ3) is 5.02. The van der Waals surface area contributed by atoms with Gasteiger partial charge in [0.15, 0.2) is 0 Å². The lowest BCUT2D eigenvalue weighted by Gasteiger charge is -2.14. The molecule has 0 aliphatic carbocycles. The highest BCUT2D eigenvalue weighted by atomic mass is 35.5. The second-order valence-electron chi connectivity index (χ2n) is 4.46. The number of benzene rings is 1. The lowest BCUT2D eigenvalue weighted by atomic mass is 10.1. The second kappa shape index (κ2) is 8.12. The molecule has 110 valence electrons. The topological polar surface area (TPSA) is 58.2 Å². The maximum atomic E-state index is 11.9. The minimum atomic E-state index is -0.588. The van der Waals surface area contributed by atoms with E-state index in [0.717, 1.165) is 6.42 Å². The zero-order valence-corrected chi connectivity index (χ0v) is 13.0. The summed E-state index contributed by atoms with van der Waals surface area (Å²) >= 11 is 12.0. The van der Waals surface area contributed by atoms with Crippen molar-refractivity contribution in [1.29, 1.82) is 0 Å². The van der Waals surface area contributed by atoms with Crippen LogP contribution in [0.25, 0.3) is 0 Å². The van der Waals surface area contributed by atoms with Gasteiger partial charge < -0.3 is 10.6 Å². The highest BCUT2D eigenvalue weighted by Gasteiger charge is 2.17. The molecule has 0 radical (unpaired) electrons. The van der Waals surface area contributed by atoms with Crippen molar-refractivity contribution < 1.29 is 9.59 Å². The summed E-state index contributed by atoms with van der Waals surface area (Å²) in [5.74, 6) is -0.496. The molecule has 1 aromatic rings. The van der Waals surface area contributed by atoms with E-state index in [0.29, 0.717) is 22.2 Å². The Kier molecular flexibility index (Phi) is 6.82. The summed E-state index contributed by atoms with van der Waals surface area (Å²) < 4.78 is 0. The summed E-state index contributed by atoms with van der Waals surface area (Å²) in [7, 11) is 0. The van der Waals surface area contributed by atoms with Crippen LogP contribution in [0.3, 0.4) is 0 Å². The Morgan fingerprint density at radius 2 is 1.85 bits per heavy atom. The Bertz CT molecular complexity index is 472. The normalized spacial score (nSPS) is 11.8. The third-order valence-electron chi connectivity index (χ3n) is 2.72. The van der Waals surface area contributed by atoms with E-state index < -0.39 is 6.04 Å². The van der Waals surface area contributed by atoms with Gasteiger partial charge in [0.05, 0.1) is 6.42 Å². The predicted octanol–water partition coefficient (Wildman–Crippen LogP) is 2.57. The van der Waals surface area contributed by atoms with Crippen molar-refractivity contribution in [1.82, 2.24) is 10.6 Å². The van der Waals surface area contributed by atoms with E-state index in [4.69, 9.17) is 23.2 Å². The Balaban J connectivity index is 2.57. The molecular weight excluding hydrogens is 299 g/mol. The Morgan fingerprint density at radius 1 is 1.25 bits per heavy atom. The van der Waals surface area contributed by atoms with E-state index in [-0.39, 0.29) is 18.2 Å². The molecule has 2 amide bonds. The summed E-state index contributed by atoms with van der Waals surface area (Å²) in [6.07, 6.45) is 0.894. The quantitative estimate of drug-likeness (QED) is 0.847. The summed E-state index contributed by atoms with van der Waals surface area (Å²) in [4.78, 5) is 23.5. The van der Waals surface area contributed by atoms with E-state index in [2.05, 4.69) is 10.6 Å². The van der Waals surface area contributed by atoms with Crippen molar-refractivity contribution in [3.63, 3.8) is 0 Å². The second-order valence-corrected chi connectivity index (χ2v) is 5.27. The maximum Gasteiger partial charge on any atom is 0.242 e. The molecule has 0 fully saturated rings. The Morgan fingerprint density at radius 3 is 2.40 bits per heavy atom. The lowest BCUT2D eigenvalue weighted by molar-refractivity contribution is -0.128. The summed E-state index contributed by atoms with van der Waals surface area (Å²) in [5.41, 5.74) is 0.564. The van der Waals surface area contributed by atoms with E-state index >= 15 is 0 Å². The van der Waals surface area contributed by atoms with Gasteiger partial charge >= 0.3 is 0 Å². The van der Waals surface area contributed by atoms with Crippen LogP contribution >= 0.6 is 23.2 Å². The van der Waals surface area contributed by atoms with Crippen LogP contribution in [0.2, 0.25) is 10.0 Å². The van der Waals surface area contributed by atoms with E-state index in [1.165, 1.54) is 0 Å². The monoisotopic (exact) mass is 316 g/mol. The van der Waals surface area contributed by atoms with Crippen LogP contribution in [-0.2, 0) is 16.0 Å². The zero-order chi connectivity index (χ0) is 15.1. The van der Waals surface area contributed by atoms with Gasteiger partial charge in [-0.1, -0.05) is 36.2 Å². The third-order valence-corrected chi connectivity index (χ3v) is 3.43. The first-order chi connectivity index (χ1) is 9.45. The van der Waals surface area contributed by atoms with E-state index in [9.17, 15) is 9.59 Å². The number of carbonyl (C=O) groups is 2. The molecule has 0 aliphatic rings. The van der Waals surface area contributed by atoms with Crippen molar-refractivity contribution >= 4 is 35.0 Å². The fraction of sp³-hybridized carbons (Fsp3) is 0.429. The van der Waals surface area contributed by atoms with Crippen molar-refractivity contribution in [2.45, 2.75) is 32.7 Å². The number of hydrogen-bond donors (Lipinski definition) is 2. The molecule has 0 heterocycles. The SMILES string of the molecule is CCCNC(=O)[C@H](C)NC(=O)Cc1c(Cl)cccc1Cl. The van der Waals surface area contributed by atoms with Gasteiger partial charge in [0, 0.05) is 16.6 Å². The molecular formula is C14H18Cl2N2O2. The van der Waals surface area contributed by atoms with Crippen LogP contribution in [0.1, 0.15) is 25.8 Å². The summed E-state index contributed by atoms with van der Waals surface area (Å²) in [5, 5.41) is 6.22. The van der Waals surface area contributed by atoms with Crippen LogP contribution < -0.4 is 10.6 Å². The number of amides is 2. The van der Waals surface area contributed by atoms with Crippen LogP contribution in [0.15, 0.2) is 18.2 Å². The van der Waals surface area contributed by atoms with Crippen LogP contribution in [0, 0.1) is 0 Å². The molecule has 1 aromatic carbocycles. The van der Waals surface area contributed by atoms with E-state index in [1.807, 2.05) is 6.92 Å². The van der Waals surface area contributed by atoms with Gasteiger partial charge in [-0.2, -0.15) is 0 Å². The molecule has 0 aromatic heterocycles. The highest BCUT2D eigenvalue weighted by molar-refractivity contribution is 6.36. The average Bonchev–Trinajstić information content (AvgIpc) is 2.40. The molecule has 0 saturated heterocycles. The average molecular weight is 317 g/mol. The molecule has 1 atom stereocenters. The molecule has 6 heteroatoms. The number of rotatable bonds is 6. The van der Waals surface area contributed by atoms with Gasteiger partial charge in [-0.15, -0.1) is 0 Å². The molecule has 20 heavy (non-hydrogen) atoms. The first-order valence-corrected chi connectivity index (χ1v) is 7.21. The molecule has 0 spiro atoms. The predicted molar refractivity (Wildman–Crippen MR) is 81.1 cm³/mol. The minimum absolute atomic E-state index is 0.0455. The van der Waals surface area contributed by atoms with E-state index in [1.54, 1.807) is 25.1 Å². The molecule has 0 bridgehead atoms. The van der Waals surface area contributed by atoms with Gasteiger partial charge in [0.1, 0.15) is 6.04 Å². The highest BCUT2D eigenvalue weighted by Crippen LogP contribution is 2.24. The number of hydrogen-bond acceptors (Lipinski definition) is 2. The maximum absolute atomic E-state index is 11.9. The smallest absolute Gasteiger partial charge is 0.242 e. The van der Waals surface area contributed by atoms with Crippen molar-refractivity contribution in [3.05, 3.63) is 33.8 Å². The van der Waals surface area contributed by atoms with Crippen LogP contribution in [-0.4, -0.2) is 24.4 Å². The van der Waals surface area contributed by atoms with Crippen molar-refractivity contribution in [3.8, 4) is 0 Å². The standard InChI is InChI=1S/C14H18Cl2N2O2/c1-3-7-17-14(20)9(2)18-13(19)8-10-11(15)5-4-6-12(10)16/h4-6,9H,3,7-8H2,1-2H3,(H,17,20)(H,18,19)/t9-/m0/s1. The first kappa shape index (κ1) is 16.8. The number of halogens is 2. The van der Waals surface area contributed by atoms with Crippen LogP contribution in [0.4, 0.5) is 0 Å². The summed E-state index contributed by atoms with van der Waals surface area (Å²) in [6, 6.07) is 4.48. The Labute approximate surface area is 128 Å². The molecule has 0 unspecified atom stereocenters. The molecule has 1 rings (SSSR count). The molecule has 2 N–H and O–H groups in total. The Hall–Kier alpha value is -1.26. The summed E-state index contributed by atoms with van der Waals surface area (Å²) in [6.45, 7) is 4.19. The van der Waals surface area contributed by atoms with Gasteiger partial charge in [-0.25, -0.2) is 0 Å². The number of nitrogens with one attached hydrogen (secondary N) is 2. The number of carbonyl (C=O) groups excluding carboxylic acids is 2. The first-order valence-electron chi connectivity index (χ1n) is 6.45. The minimum Gasteiger partial charge on any atom is -0.354 e. The molecule has 0 aliphatic heterocycles.